The van der Waals surface area contributed by atoms with Gasteiger partial charge in [-0.25, -0.2) is 13.8 Å². The minimum atomic E-state index is -2.67. The Labute approximate surface area is 144 Å². The van der Waals surface area contributed by atoms with Gasteiger partial charge in [-0.05, 0) is 37.3 Å². The lowest BCUT2D eigenvalue weighted by Gasteiger charge is -2.40. The smallest absolute Gasteiger partial charge is 0.282 e. The van der Waals surface area contributed by atoms with Gasteiger partial charge in [-0.3, -0.25) is 4.79 Å². The molecule has 2 saturated heterocycles. The zero-order valence-corrected chi connectivity index (χ0v) is 13.9. The monoisotopic (exact) mass is 353 g/mol. The van der Waals surface area contributed by atoms with Crippen molar-refractivity contribution in [3.8, 4) is 5.88 Å². The number of hydrogen-bond acceptors (Lipinski definition) is 5. The van der Waals surface area contributed by atoms with Crippen LogP contribution in [0.3, 0.4) is 0 Å². The Hall–Kier alpha value is -1.96. The van der Waals surface area contributed by atoms with Gasteiger partial charge in [-0.15, -0.1) is 0 Å². The molecule has 3 fully saturated rings. The lowest BCUT2D eigenvalue weighted by atomic mass is 10.1. The van der Waals surface area contributed by atoms with E-state index in [0.717, 1.165) is 19.3 Å². The van der Waals surface area contributed by atoms with Gasteiger partial charge in [0, 0.05) is 6.54 Å². The molecule has 3 heterocycles. The van der Waals surface area contributed by atoms with Crippen molar-refractivity contribution < 1.29 is 23.0 Å². The molecular weight excluding hydrogens is 332 g/mol. The first-order chi connectivity index (χ1) is 12.0. The molecule has 0 spiro atoms. The Morgan fingerprint density at radius 2 is 2.16 bits per heavy atom. The van der Waals surface area contributed by atoms with Crippen LogP contribution in [0.1, 0.15) is 29.8 Å². The fraction of sp³-hybridized carbons (Fsp3) is 0.647. The van der Waals surface area contributed by atoms with Gasteiger partial charge in [0.05, 0.1) is 26.3 Å². The summed E-state index contributed by atoms with van der Waals surface area (Å²) in [6.07, 6.45) is 3.01. The van der Waals surface area contributed by atoms with Crippen molar-refractivity contribution in [3.63, 3.8) is 0 Å². The van der Waals surface area contributed by atoms with E-state index in [2.05, 4.69) is 4.98 Å². The third kappa shape index (κ3) is 3.68. The first-order valence-electron chi connectivity index (χ1n) is 8.65. The number of pyridine rings is 1. The molecule has 0 bridgehead atoms. The number of halogens is 2. The summed E-state index contributed by atoms with van der Waals surface area (Å²) in [6.45, 7) is 1.34. The van der Waals surface area contributed by atoms with Crippen molar-refractivity contribution in [1.82, 2.24) is 9.88 Å². The predicted molar refractivity (Wildman–Crippen MR) is 86.1 cm³/mol. The molecule has 1 aromatic heterocycles. The summed E-state index contributed by atoms with van der Waals surface area (Å²) in [5, 5.41) is 0. The quantitative estimate of drug-likeness (QED) is 0.812. The summed E-state index contributed by atoms with van der Waals surface area (Å²) in [4.78, 5) is 20.0. The van der Waals surface area contributed by atoms with Crippen LogP contribution in [0.25, 0.3) is 0 Å². The number of alkyl halides is 2. The predicted octanol–water partition coefficient (Wildman–Crippen LogP) is 2.15. The molecule has 1 aliphatic carbocycles. The Bertz CT molecular complexity index is 653. The summed E-state index contributed by atoms with van der Waals surface area (Å²) in [7, 11) is 0. The Morgan fingerprint density at radius 1 is 1.36 bits per heavy atom. The van der Waals surface area contributed by atoms with Gasteiger partial charge in [0.1, 0.15) is 18.1 Å². The normalized spacial score (nSPS) is 22.5. The van der Waals surface area contributed by atoms with Gasteiger partial charge in [0.25, 0.3) is 11.8 Å². The van der Waals surface area contributed by atoms with Crippen molar-refractivity contribution in [2.75, 3.05) is 44.5 Å². The minimum Gasteiger partial charge on any atom is -0.476 e. The molecule has 25 heavy (non-hydrogen) atoms. The Balaban J connectivity index is 1.53. The zero-order chi connectivity index (χ0) is 17.4. The zero-order valence-electron chi connectivity index (χ0n) is 13.9. The molecule has 136 valence electrons. The van der Waals surface area contributed by atoms with E-state index in [1.807, 2.05) is 0 Å². The number of hydrogen-bond donors (Lipinski definition) is 0. The van der Waals surface area contributed by atoms with Crippen LogP contribution in [-0.4, -0.2) is 61.3 Å². The maximum Gasteiger partial charge on any atom is 0.282 e. The van der Waals surface area contributed by atoms with Crippen LogP contribution in [-0.2, 0) is 4.74 Å². The van der Waals surface area contributed by atoms with Crippen molar-refractivity contribution in [2.45, 2.75) is 25.2 Å². The van der Waals surface area contributed by atoms with E-state index in [1.54, 1.807) is 17.0 Å². The average Bonchev–Trinajstić information content (AvgIpc) is 3.42. The van der Waals surface area contributed by atoms with E-state index in [9.17, 15) is 13.6 Å². The van der Waals surface area contributed by atoms with Crippen LogP contribution in [0.5, 0.6) is 5.88 Å². The van der Waals surface area contributed by atoms with Gasteiger partial charge in [-0.1, -0.05) is 0 Å². The lowest BCUT2D eigenvalue weighted by molar-refractivity contribution is -0.0266. The van der Waals surface area contributed by atoms with Crippen molar-refractivity contribution >= 4 is 11.6 Å². The van der Waals surface area contributed by atoms with E-state index in [-0.39, 0.29) is 37.3 Å². The number of nitrogens with zero attached hydrogens (tertiary/aromatic N) is 3. The van der Waals surface area contributed by atoms with Crippen molar-refractivity contribution in [3.05, 3.63) is 17.8 Å². The maximum absolute atomic E-state index is 13.2. The molecule has 1 amide bonds. The molecule has 0 unspecified atom stereocenters. The third-order valence-corrected chi connectivity index (χ3v) is 4.65. The van der Waals surface area contributed by atoms with E-state index in [4.69, 9.17) is 9.47 Å². The van der Waals surface area contributed by atoms with Gasteiger partial charge in [0.2, 0.25) is 5.88 Å². The van der Waals surface area contributed by atoms with Gasteiger partial charge in [0.15, 0.2) is 0 Å². The summed E-state index contributed by atoms with van der Waals surface area (Å²) >= 11 is 0. The summed E-state index contributed by atoms with van der Waals surface area (Å²) < 4.78 is 37.5. The average molecular weight is 353 g/mol. The van der Waals surface area contributed by atoms with Crippen LogP contribution in [0.2, 0.25) is 0 Å². The van der Waals surface area contributed by atoms with Crippen molar-refractivity contribution in [2.24, 2.45) is 5.92 Å². The second-order valence-electron chi connectivity index (χ2n) is 6.95. The lowest BCUT2D eigenvalue weighted by Crippen LogP contribution is -2.56. The minimum absolute atomic E-state index is 0.225. The number of aromatic nitrogens is 1. The fourth-order valence-electron chi connectivity index (χ4n) is 2.98. The highest BCUT2D eigenvalue weighted by atomic mass is 19.3. The third-order valence-electron chi connectivity index (χ3n) is 4.65. The van der Waals surface area contributed by atoms with E-state index < -0.39 is 5.92 Å². The first kappa shape index (κ1) is 16.5. The van der Waals surface area contributed by atoms with Crippen molar-refractivity contribution in [1.29, 1.82) is 0 Å². The maximum atomic E-state index is 13.2. The van der Waals surface area contributed by atoms with Crippen LogP contribution in [0.15, 0.2) is 12.1 Å². The fourth-order valence-corrected chi connectivity index (χ4v) is 2.98. The molecule has 2 aliphatic heterocycles. The van der Waals surface area contributed by atoms with Crippen LogP contribution in [0, 0.1) is 5.92 Å². The molecular formula is C17H21F2N3O3. The molecule has 6 nitrogen and oxygen atoms in total. The molecule has 0 radical (unpaired) electrons. The second-order valence-corrected chi connectivity index (χ2v) is 6.95. The standard InChI is InChI=1S/C17H21F2N3O3/c18-17(19)9-22(10-17)14-5-4-13(16(23)21-6-1-7-24-11-21)20-15(14)25-8-12-2-3-12/h4-5,12H,1-3,6-11H2. The summed E-state index contributed by atoms with van der Waals surface area (Å²) in [5.74, 6) is -2.13. The Morgan fingerprint density at radius 3 is 2.80 bits per heavy atom. The van der Waals surface area contributed by atoms with Gasteiger partial charge in [-0.2, -0.15) is 0 Å². The number of rotatable bonds is 5. The highest BCUT2D eigenvalue weighted by molar-refractivity contribution is 5.93. The van der Waals surface area contributed by atoms with E-state index in [0.29, 0.717) is 31.4 Å². The molecule has 8 heteroatoms. The molecule has 4 rings (SSSR count). The number of ether oxygens (including phenoxy) is 2. The molecule has 3 aliphatic rings. The molecule has 0 N–H and O–H groups in total. The highest BCUT2D eigenvalue weighted by Gasteiger charge is 2.45. The highest BCUT2D eigenvalue weighted by Crippen LogP contribution is 2.38. The molecule has 0 atom stereocenters. The van der Waals surface area contributed by atoms with Crippen LogP contribution in [0.4, 0.5) is 14.5 Å². The largest absolute Gasteiger partial charge is 0.476 e. The Kier molecular flexibility index (Phi) is 4.23. The number of anilines is 1. The van der Waals surface area contributed by atoms with E-state index >= 15 is 0 Å². The van der Waals surface area contributed by atoms with Crippen LogP contribution < -0.4 is 9.64 Å². The second kappa shape index (κ2) is 6.40. The molecule has 1 saturated carbocycles. The van der Waals surface area contributed by atoms with Crippen LogP contribution >= 0.6 is 0 Å². The van der Waals surface area contributed by atoms with E-state index in [1.165, 1.54) is 4.90 Å². The topological polar surface area (TPSA) is 54.9 Å². The number of carbonyl (C=O) groups is 1. The summed E-state index contributed by atoms with van der Waals surface area (Å²) in [6, 6.07) is 3.23. The SMILES string of the molecule is O=C(c1ccc(N2CC(F)(F)C2)c(OCC2CC2)n1)N1CCCOC1. The van der Waals surface area contributed by atoms with Gasteiger partial charge < -0.3 is 19.3 Å². The molecule has 1 aromatic rings. The number of carbonyl (C=O) groups excluding carboxylic acids is 1. The summed E-state index contributed by atoms with van der Waals surface area (Å²) in [5.41, 5.74) is 0.783. The first-order valence-corrected chi connectivity index (χ1v) is 8.65. The van der Waals surface area contributed by atoms with Gasteiger partial charge >= 0.3 is 0 Å². The number of amides is 1. The molecule has 0 aromatic carbocycles.